The Labute approximate surface area is 159 Å². The minimum atomic E-state index is -0.462. The first-order chi connectivity index (χ1) is 13.0. The third-order valence-electron chi connectivity index (χ3n) is 3.85. The summed E-state index contributed by atoms with van der Waals surface area (Å²) in [5.74, 6) is 3.51. The zero-order valence-corrected chi connectivity index (χ0v) is 16.2. The maximum absolute atomic E-state index is 12.7. The molecule has 140 valence electrons. The van der Waals surface area contributed by atoms with E-state index in [1.54, 1.807) is 32.0 Å². The lowest BCUT2D eigenvalue weighted by molar-refractivity contribution is 0.0995. The van der Waals surface area contributed by atoms with E-state index in [0.29, 0.717) is 16.3 Å². The summed E-state index contributed by atoms with van der Waals surface area (Å²) in [7, 11) is 6.28. The first-order valence-corrected chi connectivity index (χ1v) is 8.69. The lowest BCUT2D eigenvalue weighted by atomic mass is 10.3. The maximum atomic E-state index is 12.7. The van der Waals surface area contributed by atoms with Gasteiger partial charge in [0.1, 0.15) is 5.56 Å². The third kappa shape index (κ3) is 3.39. The molecule has 1 amide bonds. The molecule has 1 aromatic carbocycles. The summed E-state index contributed by atoms with van der Waals surface area (Å²) in [4.78, 5) is 17.4. The van der Waals surface area contributed by atoms with Gasteiger partial charge in [-0.1, -0.05) is 17.3 Å². The number of aryl methyl sites for hydroxylation is 1. The Bertz CT molecular complexity index is 1120. The Hall–Kier alpha value is -3.25. The predicted molar refractivity (Wildman–Crippen MR) is 101 cm³/mol. The zero-order chi connectivity index (χ0) is 19.6. The van der Waals surface area contributed by atoms with Crippen LogP contribution in [-0.2, 0) is 13.6 Å². The van der Waals surface area contributed by atoms with Crippen molar-refractivity contribution in [2.75, 3.05) is 21.3 Å². The van der Waals surface area contributed by atoms with Gasteiger partial charge in [-0.2, -0.15) is 4.99 Å². The number of ether oxygens (including phenoxy) is 3. The summed E-state index contributed by atoms with van der Waals surface area (Å²) in [5, 5.41) is 4.08. The second kappa shape index (κ2) is 7.55. The molecular formula is C18H18N4O4S. The van der Waals surface area contributed by atoms with Crippen molar-refractivity contribution >= 4 is 27.5 Å². The number of methoxy groups -OCH3 is 3. The quantitative estimate of drug-likeness (QED) is 0.625. The standard InChI is InChI=1S/C18H18N4O4S/c1-6-7-22-12-8-13(24-3)14(25-4)9-15(12)27-18(22)19-16(23)11-10-21(2)20-17(11)26-5/h1,8-10H,7H2,2-5H3. The van der Waals surface area contributed by atoms with Crippen molar-refractivity contribution in [2.45, 2.75) is 6.54 Å². The molecule has 0 N–H and O–H groups in total. The summed E-state index contributed by atoms with van der Waals surface area (Å²) in [5.41, 5.74) is 1.08. The van der Waals surface area contributed by atoms with E-state index in [1.807, 2.05) is 12.1 Å². The van der Waals surface area contributed by atoms with E-state index >= 15 is 0 Å². The smallest absolute Gasteiger partial charge is 0.286 e. The molecule has 8 nitrogen and oxygen atoms in total. The van der Waals surface area contributed by atoms with Crippen LogP contribution in [0.2, 0.25) is 0 Å². The van der Waals surface area contributed by atoms with Gasteiger partial charge in [0, 0.05) is 25.4 Å². The Kier molecular flexibility index (Phi) is 5.19. The van der Waals surface area contributed by atoms with Crippen LogP contribution in [0.4, 0.5) is 0 Å². The number of amides is 1. The van der Waals surface area contributed by atoms with E-state index in [0.717, 1.165) is 10.2 Å². The molecule has 0 spiro atoms. The monoisotopic (exact) mass is 386 g/mol. The van der Waals surface area contributed by atoms with Crippen LogP contribution < -0.4 is 19.0 Å². The van der Waals surface area contributed by atoms with Gasteiger partial charge in [0.05, 0.1) is 38.1 Å². The number of thiazole rings is 1. The number of hydrogen-bond acceptors (Lipinski definition) is 6. The number of terminal acetylenes is 1. The number of aromatic nitrogens is 3. The zero-order valence-electron chi connectivity index (χ0n) is 15.3. The maximum Gasteiger partial charge on any atom is 0.286 e. The molecule has 0 aliphatic rings. The summed E-state index contributed by atoms with van der Waals surface area (Å²) in [6.45, 7) is 0.256. The average Bonchev–Trinajstić information content (AvgIpc) is 3.20. The summed E-state index contributed by atoms with van der Waals surface area (Å²) >= 11 is 1.33. The largest absolute Gasteiger partial charge is 0.493 e. The minimum absolute atomic E-state index is 0.221. The van der Waals surface area contributed by atoms with Gasteiger partial charge in [0.15, 0.2) is 16.3 Å². The lowest BCUT2D eigenvalue weighted by Crippen LogP contribution is -2.16. The van der Waals surface area contributed by atoms with E-state index in [-0.39, 0.29) is 18.0 Å². The fourth-order valence-electron chi connectivity index (χ4n) is 2.64. The van der Waals surface area contributed by atoms with Gasteiger partial charge in [0.2, 0.25) is 5.88 Å². The second-order valence-electron chi connectivity index (χ2n) is 5.49. The fourth-order valence-corrected chi connectivity index (χ4v) is 3.68. The lowest BCUT2D eigenvalue weighted by Gasteiger charge is -2.08. The van der Waals surface area contributed by atoms with Crippen LogP contribution in [0.1, 0.15) is 10.4 Å². The fraction of sp³-hybridized carbons (Fsp3) is 0.278. The van der Waals surface area contributed by atoms with Crippen molar-refractivity contribution < 1.29 is 19.0 Å². The number of hydrogen-bond donors (Lipinski definition) is 0. The number of nitrogens with zero attached hydrogens (tertiary/aromatic N) is 4. The van der Waals surface area contributed by atoms with E-state index in [1.165, 1.54) is 23.1 Å². The predicted octanol–water partition coefficient (Wildman–Crippen LogP) is 1.84. The van der Waals surface area contributed by atoms with Gasteiger partial charge in [-0.3, -0.25) is 9.48 Å². The van der Waals surface area contributed by atoms with Crippen LogP contribution in [-0.4, -0.2) is 41.6 Å². The molecule has 0 bridgehead atoms. The van der Waals surface area contributed by atoms with Crippen molar-refractivity contribution in [3.05, 3.63) is 28.7 Å². The first kappa shape index (κ1) is 18.5. The van der Waals surface area contributed by atoms with Crippen LogP contribution >= 0.6 is 11.3 Å². The third-order valence-corrected chi connectivity index (χ3v) is 4.89. The molecule has 0 radical (unpaired) electrons. The molecule has 2 aromatic heterocycles. The number of fused-ring (bicyclic) bond motifs is 1. The molecule has 0 atom stereocenters. The molecule has 0 fully saturated rings. The SMILES string of the molecule is C#CCn1c(=NC(=O)c2cn(C)nc2OC)sc2cc(OC)c(OC)cc21. The highest BCUT2D eigenvalue weighted by Crippen LogP contribution is 2.33. The van der Waals surface area contributed by atoms with Gasteiger partial charge in [-0.25, -0.2) is 0 Å². The molecule has 0 aliphatic heterocycles. The molecule has 3 rings (SSSR count). The highest BCUT2D eigenvalue weighted by molar-refractivity contribution is 7.16. The topological polar surface area (TPSA) is 79.9 Å². The van der Waals surface area contributed by atoms with Crippen molar-refractivity contribution in [1.29, 1.82) is 0 Å². The van der Waals surface area contributed by atoms with Gasteiger partial charge < -0.3 is 18.8 Å². The summed E-state index contributed by atoms with van der Waals surface area (Å²) < 4.78 is 20.0. The average molecular weight is 386 g/mol. The Morgan fingerprint density at radius 3 is 2.59 bits per heavy atom. The van der Waals surface area contributed by atoms with Crippen LogP contribution in [0.15, 0.2) is 23.3 Å². The van der Waals surface area contributed by atoms with Crippen molar-refractivity contribution in [1.82, 2.24) is 14.3 Å². The van der Waals surface area contributed by atoms with Gasteiger partial charge >= 0.3 is 0 Å². The van der Waals surface area contributed by atoms with Crippen LogP contribution in [0, 0.1) is 12.3 Å². The van der Waals surface area contributed by atoms with Crippen LogP contribution in [0.25, 0.3) is 10.2 Å². The molecular weight excluding hydrogens is 368 g/mol. The van der Waals surface area contributed by atoms with Gasteiger partial charge in [-0.15, -0.1) is 11.5 Å². The van der Waals surface area contributed by atoms with Crippen LogP contribution in [0.5, 0.6) is 17.4 Å². The molecule has 9 heteroatoms. The van der Waals surface area contributed by atoms with Crippen molar-refractivity contribution in [2.24, 2.45) is 12.0 Å². The van der Waals surface area contributed by atoms with E-state index in [9.17, 15) is 4.79 Å². The molecule has 0 saturated carbocycles. The molecule has 0 aliphatic carbocycles. The Morgan fingerprint density at radius 1 is 1.26 bits per heavy atom. The Balaban J connectivity index is 2.20. The highest BCUT2D eigenvalue weighted by Gasteiger charge is 2.17. The van der Waals surface area contributed by atoms with Gasteiger partial charge in [-0.05, 0) is 0 Å². The molecule has 2 heterocycles. The minimum Gasteiger partial charge on any atom is -0.493 e. The summed E-state index contributed by atoms with van der Waals surface area (Å²) in [6, 6.07) is 3.65. The van der Waals surface area contributed by atoms with E-state index in [4.69, 9.17) is 20.6 Å². The van der Waals surface area contributed by atoms with Crippen LogP contribution in [0.3, 0.4) is 0 Å². The first-order valence-electron chi connectivity index (χ1n) is 7.87. The number of benzene rings is 1. The van der Waals surface area contributed by atoms with E-state index < -0.39 is 5.91 Å². The highest BCUT2D eigenvalue weighted by atomic mass is 32.1. The van der Waals surface area contributed by atoms with Crippen molar-refractivity contribution in [3.63, 3.8) is 0 Å². The van der Waals surface area contributed by atoms with Crippen molar-refractivity contribution in [3.8, 4) is 29.7 Å². The number of carbonyl (C=O) groups is 1. The molecule has 0 unspecified atom stereocenters. The Morgan fingerprint density at radius 2 is 1.96 bits per heavy atom. The molecule has 3 aromatic rings. The summed E-state index contributed by atoms with van der Waals surface area (Å²) in [6.07, 6.45) is 7.08. The number of carbonyl (C=O) groups excluding carboxylic acids is 1. The van der Waals surface area contributed by atoms with E-state index in [2.05, 4.69) is 16.0 Å². The molecule has 27 heavy (non-hydrogen) atoms. The molecule has 0 saturated heterocycles. The van der Waals surface area contributed by atoms with Gasteiger partial charge in [0.25, 0.3) is 5.91 Å². The number of rotatable bonds is 5. The normalized spacial score (nSPS) is 11.4. The second-order valence-corrected chi connectivity index (χ2v) is 6.50.